The van der Waals surface area contributed by atoms with Gasteiger partial charge < -0.3 is 18.8 Å². The highest BCUT2D eigenvalue weighted by molar-refractivity contribution is 5.88. The summed E-state index contributed by atoms with van der Waals surface area (Å²) in [4.78, 5) is 21.7. The summed E-state index contributed by atoms with van der Waals surface area (Å²) in [6.45, 7) is 8.29. The number of anilines is 1. The molecule has 4 aromatic rings. The molecule has 0 unspecified atom stereocenters. The highest BCUT2D eigenvalue weighted by Gasteiger charge is 2.19. The Morgan fingerprint density at radius 3 is 2.58 bits per heavy atom. The predicted molar refractivity (Wildman–Crippen MR) is 121 cm³/mol. The third kappa shape index (κ3) is 3.71. The Kier molecular flexibility index (Phi) is 5.00. The highest BCUT2D eigenvalue weighted by Crippen LogP contribution is 2.30. The Bertz CT molecular complexity index is 1320. The molecule has 3 aromatic heterocycles. The topological polar surface area (TPSA) is 83.0 Å². The second-order valence-electron chi connectivity index (χ2n) is 8.10. The van der Waals surface area contributed by atoms with Crippen molar-refractivity contribution in [2.24, 2.45) is 0 Å². The second-order valence-corrected chi connectivity index (χ2v) is 8.10. The number of nitrogens with zero attached hydrogens (tertiary/aromatic N) is 3. The quantitative estimate of drug-likeness (QED) is 0.508. The van der Waals surface area contributed by atoms with E-state index in [1.165, 1.54) is 0 Å². The van der Waals surface area contributed by atoms with Crippen LogP contribution in [0.4, 0.5) is 5.69 Å². The van der Waals surface area contributed by atoms with Crippen molar-refractivity contribution in [1.29, 1.82) is 0 Å². The minimum atomic E-state index is -0.418. The molecule has 1 fully saturated rings. The van der Waals surface area contributed by atoms with Crippen LogP contribution in [0.1, 0.15) is 11.4 Å². The van der Waals surface area contributed by atoms with E-state index in [0.29, 0.717) is 29.0 Å². The normalized spacial score (nSPS) is 15.3. The van der Waals surface area contributed by atoms with Gasteiger partial charge in [0, 0.05) is 60.9 Å². The molecule has 0 saturated carbocycles. The maximum absolute atomic E-state index is 12.8. The second kappa shape index (κ2) is 7.83. The van der Waals surface area contributed by atoms with Crippen LogP contribution in [-0.2, 0) is 0 Å². The lowest BCUT2D eigenvalue weighted by Gasteiger charge is -2.35. The first-order chi connectivity index (χ1) is 15.0. The van der Waals surface area contributed by atoms with Gasteiger partial charge in [-0.3, -0.25) is 9.88 Å². The van der Waals surface area contributed by atoms with E-state index in [1.807, 2.05) is 44.2 Å². The molecular formula is C24H25N3O4. The first-order valence-corrected chi connectivity index (χ1v) is 10.6. The van der Waals surface area contributed by atoms with Gasteiger partial charge in [0.05, 0.1) is 12.3 Å². The lowest BCUT2D eigenvalue weighted by molar-refractivity contribution is 0.189. The molecule has 5 rings (SSSR count). The summed E-state index contributed by atoms with van der Waals surface area (Å²) in [7, 11) is 0. The molecule has 31 heavy (non-hydrogen) atoms. The molecule has 0 aliphatic carbocycles. The van der Waals surface area contributed by atoms with Crippen molar-refractivity contribution in [3.05, 3.63) is 58.2 Å². The van der Waals surface area contributed by atoms with E-state index in [1.54, 1.807) is 0 Å². The fraction of sp³-hybridized carbons (Fsp3) is 0.333. The van der Waals surface area contributed by atoms with Crippen molar-refractivity contribution in [3.8, 4) is 11.3 Å². The molecule has 1 aromatic carbocycles. The van der Waals surface area contributed by atoms with Crippen molar-refractivity contribution < 1.29 is 13.9 Å². The van der Waals surface area contributed by atoms with E-state index < -0.39 is 5.63 Å². The van der Waals surface area contributed by atoms with Crippen LogP contribution < -0.4 is 10.5 Å². The fourth-order valence-electron chi connectivity index (χ4n) is 4.34. The molecule has 1 saturated heterocycles. The van der Waals surface area contributed by atoms with Gasteiger partial charge in [-0.05, 0) is 44.2 Å². The van der Waals surface area contributed by atoms with Crippen LogP contribution in [0.5, 0.6) is 0 Å². The molecule has 7 nitrogen and oxygen atoms in total. The molecule has 160 valence electrons. The Hall–Kier alpha value is -3.16. The number of pyridine rings is 1. The van der Waals surface area contributed by atoms with Crippen LogP contribution in [0.25, 0.3) is 33.3 Å². The third-order valence-electron chi connectivity index (χ3n) is 5.94. The average Bonchev–Trinajstić information content (AvgIpc) is 3.18. The number of aromatic nitrogens is 1. The lowest BCUT2D eigenvalue weighted by atomic mass is 10.1. The summed E-state index contributed by atoms with van der Waals surface area (Å²) >= 11 is 0. The highest BCUT2D eigenvalue weighted by atomic mass is 16.4. The standard InChI is InChI=1S/C24H25N3O4/c1-15-11-18-13-22(30-23(18)16(2)25-15)20-12-17-3-4-19(14-21(17)31-24(20)29)27-7-5-26(6-8-27)9-10-28/h3-4,11-14,28H,5-10H2,1-2H3. The van der Waals surface area contributed by atoms with Crippen LogP contribution in [0.2, 0.25) is 0 Å². The molecule has 0 bridgehead atoms. The Balaban J connectivity index is 1.47. The molecular weight excluding hydrogens is 394 g/mol. The maximum Gasteiger partial charge on any atom is 0.347 e. The number of aryl methyl sites for hydroxylation is 2. The summed E-state index contributed by atoms with van der Waals surface area (Å²) in [5.74, 6) is 0.491. The van der Waals surface area contributed by atoms with E-state index in [0.717, 1.165) is 54.0 Å². The van der Waals surface area contributed by atoms with E-state index in [2.05, 4.69) is 20.9 Å². The number of hydrogen-bond donors (Lipinski definition) is 1. The number of β-amino-alcohol motifs (C(OH)–C–C–N with tert-alkyl or cyclic N) is 1. The summed E-state index contributed by atoms with van der Waals surface area (Å²) in [5.41, 5.74) is 3.99. The van der Waals surface area contributed by atoms with E-state index in [9.17, 15) is 4.79 Å². The summed E-state index contributed by atoms with van der Waals surface area (Å²) in [5, 5.41) is 10.9. The molecule has 0 atom stereocenters. The van der Waals surface area contributed by atoms with Crippen LogP contribution >= 0.6 is 0 Å². The van der Waals surface area contributed by atoms with Gasteiger partial charge in [0.2, 0.25) is 0 Å². The minimum absolute atomic E-state index is 0.185. The van der Waals surface area contributed by atoms with Gasteiger partial charge >= 0.3 is 5.63 Å². The molecule has 7 heteroatoms. The fourth-order valence-corrected chi connectivity index (χ4v) is 4.34. The van der Waals surface area contributed by atoms with Gasteiger partial charge in [-0.25, -0.2) is 4.79 Å². The predicted octanol–water partition coefficient (Wildman–Crippen LogP) is 3.33. The average molecular weight is 419 g/mol. The van der Waals surface area contributed by atoms with Crippen molar-refractivity contribution in [3.63, 3.8) is 0 Å². The SMILES string of the molecule is Cc1cc2cc(-c3cc4ccc(N5CCN(CCO)CC5)cc4oc3=O)oc2c(C)n1. The Morgan fingerprint density at radius 2 is 1.81 bits per heavy atom. The van der Waals surface area contributed by atoms with Crippen LogP contribution in [0.3, 0.4) is 0 Å². The monoisotopic (exact) mass is 419 g/mol. The van der Waals surface area contributed by atoms with E-state index in [-0.39, 0.29) is 6.61 Å². The van der Waals surface area contributed by atoms with Crippen molar-refractivity contribution in [2.75, 3.05) is 44.2 Å². The van der Waals surface area contributed by atoms with Gasteiger partial charge in [-0.15, -0.1) is 0 Å². The van der Waals surface area contributed by atoms with Gasteiger partial charge in [0.1, 0.15) is 16.9 Å². The van der Waals surface area contributed by atoms with Crippen LogP contribution in [-0.4, -0.2) is 54.3 Å². The molecule has 0 radical (unpaired) electrons. The van der Waals surface area contributed by atoms with Crippen LogP contribution in [0.15, 0.2) is 50.0 Å². The maximum atomic E-state index is 12.8. The number of piperazine rings is 1. The molecule has 0 amide bonds. The number of aliphatic hydroxyl groups excluding tert-OH is 1. The minimum Gasteiger partial charge on any atom is -0.454 e. The van der Waals surface area contributed by atoms with Gasteiger partial charge in [-0.2, -0.15) is 0 Å². The Morgan fingerprint density at radius 1 is 1.00 bits per heavy atom. The van der Waals surface area contributed by atoms with Crippen LogP contribution in [0, 0.1) is 13.8 Å². The van der Waals surface area contributed by atoms with Crippen molar-refractivity contribution >= 4 is 27.6 Å². The molecule has 1 aliphatic heterocycles. The van der Waals surface area contributed by atoms with Gasteiger partial charge in [-0.1, -0.05) is 0 Å². The van der Waals surface area contributed by atoms with E-state index in [4.69, 9.17) is 13.9 Å². The van der Waals surface area contributed by atoms with Crippen molar-refractivity contribution in [1.82, 2.24) is 9.88 Å². The van der Waals surface area contributed by atoms with Crippen molar-refractivity contribution in [2.45, 2.75) is 13.8 Å². The zero-order valence-corrected chi connectivity index (χ0v) is 17.7. The first-order valence-electron chi connectivity index (χ1n) is 10.6. The summed E-state index contributed by atoms with van der Waals surface area (Å²) < 4.78 is 11.7. The van der Waals surface area contributed by atoms with E-state index >= 15 is 0 Å². The summed E-state index contributed by atoms with van der Waals surface area (Å²) in [6, 6.07) is 11.6. The summed E-state index contributed by atoms with van der Waals surface area (Å²) in [6.07, 6.45) is 0. The lowest BCUT2D eigenvalue weighted by Crippen LogP contribution is -2.47. The zero-order chi connectivity index (χ0) is 21.5. The number of fused-ring (bicyclic) bond motifs is 2. The molecule has 0 spiro atoms. The number of hydrogen-bond acceptors (Lipinski definition) is 7. The number of aliphatic hydroxyl groups is 1. The smallest absolute Gasteiger partial charge is 0.347 e. The zero-order valence-electron chi connectivity index (χ0n) is 17.7. The first kappa shape index (κ1) is 19.8. The van der Waals surface area contributed by atoms with Gasteiger partial charge in [0.15, 0.2) is 5.58 Å². The molecule has 1 aliphatic rings. The number of benzene rings is 1. The van der Waals surface area contributed by atoms with Gasteiger partial charge in [0.25, 0.3) is 0 Å². The number of rotatable bonds is 4. The number of furan rings is 1. The third-order valence-corrected chi connectivity index (χ3v) is 5.94. The Labute approximate surface area is 179 Å². The molecule has 4 heterocycles. The molecule has 1 N–H and O–H groups in total. The largest absolute Gasteiger partial charge is 0.454 e.